The number of halogens is 1. The molecule has 1 aromatic carbocycles. The molecule has 34 heavy (non-hydrogen) atoms. The van der Waals surface area contributed by atoms with Gasteiger partial charge >= 0.3 is 29.6 Å². The standard InChI is InChI=1S/C24H32FN3O5.Na/c1-4-5-12-26-24(33)23-22(15(2)3)20(11-10-18(29)13-19(30)14-21(31)32)28(27-23)17-8-6-16(25)7-9-17;/h6-11,15,18-19,29-30H,4-5,12-14H2,1-3H3,(H,26,33)(H,31,32);/q;+1/p-1/t18-,19+;/m0./s1. The third-order valence-electron chi connectivity index (χ3n) is 5.03. The molecule has 2 atom stereocenters. The van der Waals surface area contributed by atoms with Crippen LogP contribution in [0.3, 0.4) is 0 Å². The quantitative estimate of drug-likeness (QED) is 0.261. The number of carboxylic acids is 1. The molecule has 1 amide bonds. The van der Waals surface area contributed by atoms with Crippen LogP contribution >= 0.6 is 0 Å². The van der Waals surface area contributed by atoms with E-state index in [0.29, 0.717) is 23.5 Å². The first-order chi connectivity index (χ1) is 15.6. The number of aromatic nitrogens is 2. The van der Waals surface area contributed by atoms with Gasteiger partial charge in [0.25, 0.3) is 5.91 Å². The van der Waals surface area contributed by atoms with Crippen molar-refractivity contribution in [1.29, 1.82) is 0 Å². The molecule has 2 aromatic rings. The largest absolute Gasteiger partial charge is 1.00 e. The van der Waals surface area contributed by atoms with Crippen molar-refractivity contribution in [1.82, 2.24) is 15.1 Å². The Hall–Kier alpha value is -2.04. The molecule has 10 heteroatoms. The van der Waals surface area contributed by atoms with Crippen LogP contribution in [-0.2, 0) is 4.79 Å². The minimum atomic E-state index is -1.41. The molecular weight excluding hydrogens is 452 g/mol. The molecule has 1 heterocycles. The summed E-state index contributed by atoms with van der Waals surface area (Å²) in [4.78, 5) is 23.5. The summed E-state index contributed by atoms with van der Waals surface area (Å²) in [6.45, 7) is 6.35. The average molecular weight is 484 g/mol. The van der Waals surface area contributed by atoms with E-state index in [4.69, 9.17) is 0 Å². The van der Waals surface area contributed by atoms with Crippen molar-refractivity contribution in [2.24, 2.45) is 0 Å². The number of amides is 1. The van der Waals surface area contributed by atoms with Crippen molar-refractivity contribution in [3.63, 3.8) is 0 Å². The van der Waals surface area contributed by atoms with Crippen molar-refractivity contribution in [3.05, 3.63) is 53.1 Å². The molecule has 8 nitrogen and oxygen atoms in total. The number of carbonyl (C=O) groups excluding carboxylic acids is 2. The Morgan fingerprint density at radius 3 is 2.44 bits per heavy atom. The summed E-state index contributed by atoms with van der Waals surface area (Å²) in [7, 11) is 0. The summed E-state index contributed by atoms with van der Waals surface area (Å²) in [6, 6.07) is 5.63. The van der Waals surface area contributed by atoms with Gasteiger partial charge in [0.2, 0.25) is 0 Å². The van der Waals surface area contributed by atoms with Crippen LogP contribution in [0.4, 0.5) is 4.39 Å². The SMILES string of the molecule is CCCCNC(=O)c1nn(-c2ccc(F)cc2)c(C=C[C@H](O)C[C@@H](O)CC(=O)[O-])c1C(C)C.[Na+]. The van der Waals surface area contributed by atoms with Gasteiger partial charge in [0, 0.05) is 30.9 Å². The molecule has 0 spiro atoms. The van der Waals surface area contributed by atoms with Gasteiger partial charge in [-0.3, -0.25) is 4.79 Å². The van der Waals surface area contributed by atoms with Crippen LogP contribution in [0.15, 0.2) is 30.3 Å². The zero-order valence-corrected chi connectivity index (χ0v) is 22.1. The summed E-state index contributed by atoms with van der Waals surface area (Å²) in [5.74, 6) is -2.25. The Morgan fingerprint density at radius 2 is 1.88 bits per heavy atom. The fourth-order valence-corrected chi connectivity index (χ4v) is 3.42. The zero-order chi connectivity index (χ0) is 24.5. The number of carbonyl (C=O) groups is 2. The summed E-state index contributed by atoms with van der Waals surface area (Å²) in [6.07, 6.45) is 1.55. The van der Waals surface area contributed by atoms with Gasteiger partial charge < -0.3 is 25.4 Å². The number of unbranched alkanes of at least 4 members (excludes halogenated alkanes) is 1. The molecule has 1 aromatic heterocycles. The first-order valence-electron chi connectivity index (χ1n) is 11.0. The normalized spacial score (nSPS) is 13.0. The molecule has 0 radical (unpaired) electrons. The van der Waals surface area contributed by atoms with E-state index in [1.165, 1.54) is 35.0 Å². The second kappa shape index (κ2) is 14.4. The third kappa shape index (κ3) is 8.63. The van der Waals surface area contributed by atoms with Crippen LogP contribution in [-0.4, -0.2) is 50.6 Å². The molecule has 0 aliphatic rings. The third-order valence-corrected chi connectivity index (χ3v) is 5.03. The molecule has 180 valence electrons. The fourth-order valence-electron chi connectivity index (χ4n) is 3.42. The van der Waals surface area contributed by atoms with E-state index in [9.17, 15) is 29.3 Å². The summed E-state index contributed by atoms with van der Waals surface area (Å²) < 4.78 is 15.0. The number of aliphatic hydroxyl groups is 2. The van der Waals surface area contributed by atoms with Gasteiger partial charge in [-0.15, -0.1) is 0 Å². The van der Waals surface area contributed by atoms with E-state index in [1.54, 1.807) is 6.08 Å². The summed E-state index contributed by atoms with van der Waals surface area (Å²) in [5.41, 5.74) is 1.92. The number of hydrogen-bond donors (Lipinski definition) is 3. The molecule has 0 saturated carbocycles. The monoisotopic (exact) mass is 483 g/mol. The van der Waals surface area contributed by atoms with E-state index < -0.39 is 30.4 Å². The molecule has 0 saturated heterocycles. The number of aliphatic carboxylic acids is 1. The van der Waals surface area contributed by atoms with Gasteiger partial charge in [-0.05, 0) is 42.7 Å². The van der Waals surface area contributed by atoms with Gasteiger partial charge in [-0.25, -0.2) is 9.07 Å². The molecular formula is C24H31FN3NaO5. The fraction of sp³-hybridized carbons (Fsp3) is 0.458. The van der Waals surface area contributed by atoms with E-state index in [-0.39, 0.29) is 53.5 Å². The Balaban J connectivity index is 0.00000578. The molecule has 0 bridgehead atoms. The minimum Gasteiger partial charge on any atom is -0.550 e. The number of benzene rings is 1. The Kier molecular flexibility index (Phi) is 12.7. The van der Waals surface area contributed by atoms with Crippen molar-refractivity contribution in [2.45, 2.75) is 64.6 Å². The van der Waals surface area contributed by atoms with Gasteiger partial charge in [0.15, 0.2) is 5.69 Å². The topological polar surface area (TPSA) is 128 Å². The summed E-state index contributed by atoms with van der Waals surface area (Å²) >= 11 is 0. The maximum absolute atomic E-state index is 13.5. The first-order valence-corrected chi connectivity index (χ1v) is 11.0. The number of rotatable bonds is 12. The van der Waals surface area contributed by atoms with Crippen molar-refractivity contribution >= 4 is 18.0 Å². The van der Waals surface area contributed by atoms with E-state index in [2.05, 4.69) is 10.4 Å². The number of hydrogen-bond acceptors (Lipinski definition) is 6. The Labute approximate surface area is 221 Å². The smallest absolute Gasteiger partial charge is 0.550 e. The van der Waals surface area contributed by atoms with Crippen LogP contribution in [0.2, 0.25) is 0 Å². The number of carboxylic acid groups (broad SMARTS) is 1. The molecule has 0 aliphatic carbocycles. The van der Waals surface area contributed by atoms with Crippen LogP contribution in [0.5, 0.6) is 0 Å². The van der Waals surface area contributed by atoms with E-state index in [0.717, 1.165) is 12.8 Å². The van der Waals surface area contributed by atoms with Crippen LogP contribution in [0.25, 0.3) is 11.8 Å². The van der Waals surface area contributed by atoms with Gasteiger partial charge in [-0.2, -0.15) is 5.10 Å². The average Bonchev–Trinajstić information content (AvgIpc) is 3.12. The number of nitrogens with one attached hydrogen (secondary N) is 1. The molecule has 0 aliphatic heterocycles. The van der Waals surface area contributed by atoms with Crippen LogP contribution in [0.1, 0.15) is 74.1 Å². The van der Waals surface area contributed by atoms with Crippen LogP contribution < -0.4 is 40.0 Å². The van der Waals surface area contributed by atoms with Crippen LogP contribution in [0, 0.1) is 5.82 Å². The van der Waals surface area contributed by atoms with Crippen molar-refractivity contribution in [3.8, 4) is 5.69 Å². The van der Waals surface area contributed by atoms with Gasteiger partial charge in [-0.1, -0.05) is 33.3 Å². The Bertz CT molecular complexity index is 976. The van der Waals surface area contributed by atoms with E-state index >= 15 is 0 Å². The second-order valence-corrected chi connectivity index (χ2v) is 8.19. The summed E-state index contributed by atoms with van der Waals surface area (Å²) in [5, 5.41) is 38.0. The molecule has 0 unspecified atom stereocenters. The maximum Gasteiger partial charge on any atom is 1.00 e. The Morgan fingerprint density at radius 1 is 1.24 bits per heavy atom. The number of aliphatic hydroxyl groups excluding tert-OH is 2. The zero-order valence-electron chi connectivity index (χ0n) is 20.1. The molecule has 0 fully saturated rings. The van der Waals surface area contributed by atoms with Gasteiger partial charge in [0.05, 0.1) is 23.6 Å². The second-order valence-electron chi connectivity index (χ2n) is 8.19. The minimum absolute atomic E-state index is 0. The molecule has 3 N–H and O–H groups in total. The maximum atomic E-state index is 13.5. The molecule has 2 rings (SSSR count). The predicted octanol–water partition coefficient (Wildman–Crippen LogP) is -1.07. The van der Waals surface area contributed by atoms with E-state index in [1.807, 2.05) is 20.8 Å². The van der Waals surface area contributed by atoms with Crippen molar-refractivity contribution < 1.29 is 58.9 Å². The predicted molar refractivity (Wildman–Crippen MR) is 120 cm³/mol. The van der Waals surface area contributed by atoms with Crippen molar-refractivity contribution in [2.75, 3.05) is 6.54 Å². The van der Waals surface area contributed by atoms with Gasteiger partial charge in [0.1, 0.15) is 5.82 Å². The first kappa shape index (κ1) is 30.0. The number of nitrogens with zero attached hydrogens (tertiary/aromatic N) is 2.